The highest BCUT2D eigenvalue weighted by atomic mass is 32.2. The molecule has 0 fully saturated rings. The summed E-state index contributed by atoms with van der Waals surface area (Å²) >= 11 is 4.07. The van der Waals surface area contributed by atoms with E-state index in [4.69, 9.17) is 0 Å². The summed E-state index contributed by atoms with van der Waals surface area (Å²) in [6, 6.07) is 6.11. The Bertz CT molecular complexity index is 1160. The molecule has 0 saturated heterocycles. The highest BCUT2D eigenvalue weighted by molar-refractivity contribution is 8.00. The van der Waals surface area contributed by atoms with Gasteiger partial charge in [-0.1, -0.05) is 23.1 Å². The number of aryl methyl sites for hydroxylation is 2. The number of hydrogen-bond acceptors (Lipinski definition) is 9. The van der Waals surface area contributed by atoms with Crippen LogP contribution < -0.4 is 5.32 Å². The van der Waals surface area contributed by atoms with Crippen molar-refractivity contribution < 1.29 is 9.18 Å². The van der Waals surface area contributed by atoms with Crippen LogP contribution in [0, 0.1) is 19.7 Å². The van der Waals surface area contributed by atoms with E-state index >= 15 is 0 Å². The first-order chi connectivity index (χ1) is 13.5. The van der Waals surface area contributed by atoms with Gasteiger partial charge in [-0.15, -0.1) is 31.7 Å². The van der Waals surface area contributed by atoms with E-state index < -0.39 is 0 Å². The predicted molar refractivity (Wildman–Crippen MR) is 109 cm³/mol. The first-order valence-corrected chi connectivity index (χ1v) is 10.7. The van der Waals surface area contributed by atoms with Crippen LogP contribution in [-0.2, 0) is 4.79 Å². The average Bonchev–Trinajstić information content (AvgIpc) is 3.25. The molecule has 1 aromatic carbocycles. The van der Waals surface area contributed by atoms with Crippen molar-refractivity contribution in [1.29, 1.82) is 0 Å². The van der Waals surface area contributed by atoms with Gasteiger partial charge in [0, 0.05) is 5.56 Å². The molecule has 0 radical (unpaired) electrons. The molecule has 4 aromatic rings. The number of nitrogens with zero attached hydrogens (tertiary/aromatic N) is 5. The van der Waals surface area contributed by atoms with Gasteiger partial charge in [0.2, 0.25) is 11.0 Å². The molecular formula is C17H13FN6OS3. The molecule has 1 amide bonds. The zero-order valence-corrected chi connectivity index (χ0v) is 17.2. The van der Waals surface area contributed by atoms with Crippen LogP contribution in [0.5, 0.6) is 0 Å². The van der Waals surface area contributed by atoms with E-state index in [9.17, 15) is 9.18 Å². The Morgan fingerprint density at radius 3 is 2.57 bits per heavy atom. The second-order valence-electron chi connectivity index (χ2n) is 5.73. The summed E-state index contributed by atoms with van der Waals surface area (Å²) < 4.78 is 14.1. The first-order valence-electron chi connectivity index (χ1n) is 8.12. The molecule has 0 aliphatic rings. The molecule has 3 aromatic heterocycles. The Morgan fingerprint density at radius 2 is 1.86 bits per heavy atom. The summed E-state index contributed by atoms with van der Waals surface area (Å²) in [4.78, 5) is 16.7. The standard InChI is InChI=1S/C17H13FN6OS3/c1-8-19-14-15(27-8)13(10-3-5-11(18)6-4-10)22-23-16(14)26-7-12(25)20-17-24-21-9(2)28-17/h3-6H,7H2,1-2H3,(H,20,24,25). The molecule has 0 aliphatic heterocycles. The summed E-state index contributed by atoms with van der Waals surface area (Å²) in [5.74, 6) is -0.363. The van der Waals surface area contributed by atoms with Crippen LogP contribution in [0.1, 0.15) is 10.0 Å². The highest BCUT2D eigenvalue weighted by Crippen LogP contribution is 2.35. The number of benzene rings is 1. The number of carbonyl (C=O) groups excluding carboxylic acids is 1. The third kappa shape index (κ3) is 4.01. The number of fused-ring (bicyclic) bond motifs is 1. The lowest BCUT2D eigenvalue weighted by Gasteiger charge is -2.05. The number of carbonyl (C=O) groups is 1. The van der Waals surface area contributed by atoms with E-state index in [1.807, 2.05) is 13.8 Å². The number of anilines is 1. The van der Waals surface area contributed by atoms with Gasteiger partial charge < -0.3 is 0 Å². The zero-order valence-electron chi connectivity index (χ0n) is 14.8. The smallest absolute Gasteiger partial charge is 0.236 e. The van der Waals surface area contributed by atoms with Gasteiger partial charge in [0.05, 0.1) is 15.5 Å². The first kappa shape index (κ1) is 18.8. The third-order valence-electron chi connectivity index (χ3n) is 3.62. The lowest BCUT2D eigenvalue weighted by atomic mass is 10.1. The minimum atomic E-state index is -0.308. The number of nitrogens with one attached hydrogen (secondary N) is 1. The summed E-state index contributed by atoms with van der Waals surface area (Å²) in [5, 5.41) is 21.7. The molecule has 7 nitrogen and oxygen atoms in total. The lowest BCUT2D eigenvalue weighted by Crippen LogP contribution is -2.14. The normalized spacial score (nSPS) is 11.1. The molecule has 4 rings (SSSR count). The minimum Gasteiger partial charge on any atom is -0.300 e. The fourth-order valence-corrected chi connectivity index (χ4v) is 4.77. The van der Waals surface area contributed by atoms with Crippen LogP contribution in [0.25, 0.3) is 21.5 Å². The maximum absolute atomic E-state index is 13.2. The highest BCUT2D eigenvalue weighted by Gasteiger charge is 2.17. The summed E-state index contributed by atoms with van der Waals surface area (Å²) in [6.45, 7) is 3.72. The van der Waals surface area contributed by atoms with Crippen LogP contribution in [0.2, 0.25) is 0 Å². The predicted octanol–water partition coefficient (Wildman–Crippen LogP) is 4.09. The van der Waals surface area contributed by atoms with E-state index in [1.54, 1.807) is 12.1 Å². The van der Waals surface area contributed by atoms with E-state index in [2.05, 4.69) is 30.7 Å². The molecule has 0 unspecified atom stereocenters. The molecule has 0 aliphatic carbocycles. The lowest BCUT2D eigenvalue weighted by molar-refractivity contribution is -0.113. The molecule has 0 saturated carbocycles. The number of rotatable bonds is 5. The van der Waals surface area contributed by atoms with Gasteiger partial charge in [-0.3, -0.25) is 10.1 Å². The molecule has 3 heterocycles. The SMILES string of the molecule is Cc1nnc(NC(=O)CSc2nnc(-c3ccc(F)cc3)c3sc(C)nc23)s1. The second-order valence-corrected chi connectivity index (χ2v) is 9.08. The molecule has 1 N–H and O–H groups in total. The van der Waals surface area contributed by atoms with Crippen LogP contribution in [0.4, 0.5) is 9.52 Å². The van der Waals surface area contributed by atoms with Crippen LogP contribution >= 0.6 is 34.4 Å². The van der Waals surface area contributed by atoms with Gasteiger partial charge in [-0.2, -0.15) is 0 Å². The number of aromatic nitrogens is 5. The zero-order chi connectivity index (χ0) is 19.7. The van der Waals surface area contributed by atoms with Crippen molar-refractivity contribution in [3.8, 4) is 11.3 Å². The Morgan fingerprint density at radius 1 is 1.07 bits per heavy atom. The van der Waals surface area contributed by atoms with E-state index in [-0.39, 0.29) is 17.5 Å². The second kappa shape index (κ2) is 7.86. The van der Waals surface area contributed by atoms with Crippen LogP contribution in [0.15, 0.2) is 29.3 Å². The number of halogens is 1. The third-order valence-corrected chi connectivity index (χ3v) is 6.31. The molecule has 0 bridgehead atoms. The van der Waals surface area contributed by atoms with E-state index in [0.29, 0.717) is 21.4 Å². The Hall–Kier alpha value is -2.50. The topological polar surface area (TPSA) is 93.6 Å². The quantitative estimate of drug-likeness (QED) is 0.475. The van der Waals surface area contributed by atoms with Crippen LogP contribution in [-0.4, -0.2) is 37.0 Å². The fourth-order valence-electron chi connectivity index (χ4n) is 2.45. The van der Waals surface area contributed by atoms with Crippen molar-refractivity contribution >= 4 is 55.7 Å². The fraction of sp³-hybridized carbons (Fsp3) is 0.176. The number of thiazole rings is 1. The van der Waals surface area contributed by atoms with Crippen LogP contribution in [0.3, 0.4) is 0 Å². The molecule has 0 atom stereocenters. The van der Waals surface area contributed by atoms with Crippen molar-refractivity contribution in [1.82, 2.24) is 25.4 Å². The minimum absolute atomic E-state index is 0.148. The van der Waals surface area contributed by atoms with Gasteiger partial charge in [-0.25, -0.2) is 9.37 Å². The van der Waals surface area contributed by atoms with Gasteiger partial charge in [0.25, 0.3) is 0 Å². The average molecular weight is 433 g/mol. The Kier molecular flexibility index (Phi) is 5.29. The summed E-state index contributed by atoms with van der Waals surface area (Å²) in [5.41, 5.74) is 2.11. The maximum Gasteiger partial charge on any atom is 0.236 e. The number of amides is 1. The van der Waals surface area contributed by atoms with Crippen molar-refractivity contribution in [2.45, 2.75) is 18.9 Å². The molecule has 0 spiro atoms. The van der Waals surface area contributed by atoms with E-state index in [0.717, 1.165) is 20.3 Å². The van der Waals surface area contributed by atoms with Gasteiger partial charge in [-0.05, 0) is 38.1 Å². The van der Waals surface area contributed by atoms with Crippen molar-refractivity contribution in [2.75, 3.05) is 11.1 Å². The number of thioether (sulfide) groups is 1. The maximum atomic E-state index is 13.2. The van der Waals surface area contributed by atoms with Gasteiger partial charge in [0.1, 0.15) is 27.1 Å². The monoisotopic (exact) mass is 432 g/mol. The van der Waals surface area contributed by atoms with Gasteiger partial charge in [0.15, 0.2) is 0 Å². The largest absolute Gasteiger partial charge is 0.300 e. The molecular weight excluding hydrogens is 419 g/mol. The Balaban J connectivity index is 1.57. The Labute approximate surface area is 171 Å². The molecule has 142 valence electrons. The van der Waals surface area contributed by atoms with E-state index in [1.165, 1.54) is 46.6 Å². The van der Waals surface area contributed by atoms with Crippen molar-refractivity contribution in [2.24, 2.45) is 0 Å². The van der Waals surface area contributed by atoms with Gasteiger partial charge >= 0.3 is 0 Å². The summed E-state index contributed by atoms with van der Waals surface area (Å²) in [7, 11) is 0. The molecule has 11 heteroatoms. The number of hydrogen-bond donors (Lipinski definition) is 1. The van der Waals surface area contributed by atoms with Crippen molar-refractivity contribution in [3.05, 3.63) is 40.1 Å². The molecule has 28 heavy (non-hydrogen) atoms. The summed E-state index contributed by atoms with van der Waals surface area (Å²) in [6.07, 6.45) is 0. The van der Waals surface area contributed by atoms with Crippen molar-refractivity contribution in [3.63, 3.8) is 0 Å².